The van der Waals surface area contributed by atoms with Gasteiger partial charge in [-0.05, 0) is 37.3 Å². The van der Waals surface area contributed by atoms with Crippen LogP contribution in [-0.2, 0) is 15.8 Å². The lowest BCUT2D eigenvalue weighted by Gasteiger charge is -2.35. The lowest BCUT2D eigenvalue weighted by molar-refractivity contribution is -0.139. The van der Waals surface area contributed by atoms with E-state index in [4.69, 9.17) is 16.3 Å². The number of hydrogen-bond acceptors (Lipinski definition) is 4. The molecule has 1 saturated heterocycles. The fourth-order valence-electron chi connectivity index (χ4n) is 3.41. The maximum Gasteiger partial charge on any atom is 0.418 e. The molecule has 1 fully saturated rings. The molecule has 0 aromatic heterocycles. The average molecular weight is 470 g/mol. The number of rotatable bonds is 6. The van der Waals surface area contributed by atoms with E-state index in [2.05, 4.69) is 5.32 Å². The summed E-state index contributed by atoms with van der Waals surface area (Å²) in [5.74, 6) is -0.236. The molecule has 1 N–H and O–H groups in total. The fourth-order valence-corrected chi connectivity index (χ4v) is 3.59. The Kier molecular flexibility index (Phi) is 7.63. The third-order valence-corrected chi connectivity index (χ3v) is 5.25. The highest BCUT2D eigenvalue weighted by atomic mass is 35.5. The van der Waals surface area contributed by atoms with Crippen LogP contribution < -0.4 is 10.1 Å². The van der Waals surface area contributed by atoms with Gasteiger partial charge < -0.3 is 15.0 Å². The number of carbonyl (C=O) groups excluding carboxylic acids is 2. The van der Waals surface area contributed by atoms with Gasteiger partial charge in [0.1, 0.15) is 5.75 Å². The molecule has 0 saturated carbocycles. The lowest BCUT2D eigenvalue weighted by Crippen LogP contribution is -2.53. The van der Waals surface area contributed by atoms with Crippen molar-refractivity contribution < 1.29 is 27.5 Å². The van der Waals surface area contributed by atoms with Crippen molar-refractivity contribution in [3.05, 3.63) is 59.1 Å². The third kappa shape index (κ3) is 6.37. The number of hydrogen-bond donors (Lipinski definition) is 1. The SMILES string of the molecule is CC(Oc1cccc(Cl)c1)C(=O)N1CCN(CC(=O)Nc2ccccc2C(F)(F)F)CC1. The van der Waals surface area contributed by atoms with E-state index in [0.717, 1.165) is 6.07 Å². The smallest absolute Gasteiger partial charge is 0.418 e. The zero-order chi connectivity index (χ0) is 23.3. The van der Waals surface area contributed by atoms with Gasteiger partial charge in [-0.2, -0.15) is 13.2 Å². The highest BCUT2D eigenvalue weighted by molar-refractivity contribution is 6.30. The molecular formula is C22H23ClF3N3O3. The molecule has 0 aliphatic carbocycles. The molecule has 2 amide bonds. The van der Waals surface area contributed by atoms with Crippen molar-refractivity contribution in [1.82, 2.24) is 9.80 Å². The molecule has 1 heterocycles. The maximum absolute atomic E-state index is 13.1. The van der Waals surface area contributed by atoms with Crippen LogP contribution in [0.25, 0.3) is 0 Å². The summed E-state index contributed by atoms with van der Waals surface area (Å²) in [6.45, 7) is 3.20. The molecule has 2 aromatic rings. The molecule has 10 heteroatoms. The molecule has 6 nitrogen and oxygen atoms in total. The van der Waals surface area contributed by atoms with Crippen LogP contribution in [-0.4, -0.2) is 60.4 Å². The van der Waals surface area contributed by atoms with Crippen molar-refractivity contribution in [2.45, 2.75) is 19.2 Å². The van der Waals surface area contributed by atoms with Crippen LogP contribution in [0.15, 0.2) is 48.5 Å². The summed E-state index contributed by atoms with van der Waals surface area (Å²) >= 11 is 5.93. The zero-order valence-electron chi connectivity index (χ0n) is 17.4. The van der Waals surface area contributed by atoms with E-state index in [0.29, 0.717) is 37.0 Å². The Bertz CT molecular complexity index is 963. The Labute approximate surface area is 188 Å². The van der Waals surface area contributed by atoms with Gasteiger partial charge in [0, 0.05) is 31.2 Å². The van der Waals surface area contributed by atoms with Gasteiger partial charge >= 0.3 is 6.18 Å². The first kappa shape index (κ1) is 23.9. The molecule has 1 atom stereocenters. The number of piperazine rings is 1. The molecule has 0 bridgehead atoms. The Morgan fingerprint density at radius 3 is 2.44 bits per heavy atom. The topological polar surface area (TPSA) is 61.9 Å². The molecule has 172 valence electrons. The largest absolute Gasteiger partial charge is 0.481 e. The predicted octanol–water partition coefficient (Wildman–Crippen LogP) is 3.91. The standard InChI is InChI=1S/C22H23ClF3N3O3/c1-15(32-17-6-4-5-16(23)13-17)21(31)29-11-9-28(10-12-29)14-20(30)27-19-8-3-2-7-18(19)22(24,25)26/h2-8,13,15H,9-12,14H2,1H3,(H,27,30). The summed E-state index contributed by atoms with van der Waals surface area (Å²) in [6, 6.07) is 11.6. The van der Waals surface area contributed by atoms with Crippen molar-refractivity contribution in [2.75, 3.05) is 38.0 Å². The summed E-state index contributed by atoms with van der Waals surface area (Å²) in [6.07, 6.45) is -5.26. The van der Waals surface area contributed by atoms with Crippen molar-refractivity contribution >= 4 is 29.1 Å². The van der Waals surface area contributed by atoms with Gasteiger partial charge in [0.2, 0.25) is 5.91 Å². The predicted molar refractivity (Wildman–Crippen MR) is 115 cm³/mol. The summed E-state index contributed by atoms with van der Waals surface area (Å²) in [5, 5.41) is 2.84. The highest BCUT2D eigenvalue weighted by Gasteiger charge is 2.34. The molecule has 1 unspecified atom stereocenters. The number of benzene rings is 2. The molecule has 1 aliphatic rings. The highest BCUT2D eigenvalue weighted by Crippen LogP contribution is 2.34. The van der Waals surface area contributed by atoms with E-state index in [9.17, 15) is 22.8 Å². The van der Waals surface area contributed by atoms with Crippen LogP contribution in [0.4, 0.5) is 18.9 Å². The Hall–Kier alpha value is -2.78. The second-order valence-electron chi connectivity index (χ2n) is 7.41. The van der Waals surface area contributed by atoms with E-state index in [-0.39, 0.29) is 18.1 Å². The number of nitrogens with zero attached hydrogens (tertiary/aromatic N) is 2. The normalized spacial score (nSPS) is 15.8. The van der Waals surface area contributed by atoms with Crippen LogP contribution >= 0.6 is 11.6 Å². The number of halogens is 4. The second-order valence-corrected chi connectivity index (χ2v) is 7.85. The zero-order valence-corrected chi connectivity index (χ0v) is 18.1. The number of alkyl halides is 3. The quantitative estimate of drug-likeness (QED) is 0.697. The minimum atomic E-state index is -4.56. The molecule has 1 aliphatic heterocycles. The number of para-hydroxylation sites is 1. The van der Waals surface area contributed by atoms with Crippen molar-refractivity contribution in [1.29, 1.82) is 0 Å². The van der Waals surface area contributed by atoms with Crippen LogP contribution in [0, 0.1) is 0 Å². The van der Waals surface area contributed by atoms with Gasteiger partial charge in [0.15, 0.2) is 6.10 Å². The first-order chi connectivity index (χ1) is 15.1. The van der Waals surface area contributed by atoms with Crippen molar-refractivity contribution in [3.8, 4) is 5.75 Å². The Balaban J connectivity index is 1.48. The van der Waals surface area contributed by atoms with Gasteiger partial charge in [-0.15, -0.1) is 0 Å². The molecule has 0 spiro atoms. The average Bonchev–Trinajstić information content (AvgIpc) is 2.73. The molecular weight excluding hydrogens is 447 g/mol. The van der Waals surface area contributed by atoms with Crippen molar-refractivity contribution in [2.24, 2.45) is 0 Å². The van der Waals surface area contributed by atoms with Gasteiger partial charge in [0.05, 0.1) is 17.8 Å². The van der Waals surface area contributed by atoms with E-state index >= 15 is 0 Å². The van der Waals surface area contributed by atoms with Crippen LogP contribution in [0.5, 0.6) is 5.75 Å². The second kappa shape index (κ2) is 10.2. The number of ether oxygens (including phenoxy) is 1. The summed E-state index contributed by atoms with van der Waals surface area (Å²) in [7, 11) is 0. The van der Waals surface area contributed by atoms with Crippen molar-refractivity contribution in [3.63, 3.8) is 0 Å². The molecule has 0 radical (unpaired) electrons. The minimum Gasteiger partial charge on any atom is -0.481 e. The molecule has 32 heavy (non-hydrogen) atoms. The van der Waals surface area contributed by atoms with Crippen LogP contribution in [0.1, 0.15) is 12.5 Å². The fraction of sp³-hybridized carbons (Fsp3) is 0.364. The first-order valence-electron chi connectivity index (χ1n) is 10.0. The van der Waals surface area contributed by atoms with E-state index in [1.807, 2.05) is 0 Å². The Morgan fingerprint density at radius 2 is 1.78 bits per heavy atom. The number of amides is 2. The van der Waals surface area contributed by atoms with E-state index in [1.54, 1.807) is 41.0 Å². The van der Waals surface area contributed by atoms with E-state index in [1.165, 1.54) is 18.2 Å². The van der Waals surface area contributed by atoms with Crippen LogP contribution in [0.3, 0.4) is 0 Å². The van der Waals surface area contributed by atoms with Gasteiger partial charge in [-0.3, -0.25) is 14.5 Å². The minimum absolute atomic E-state index is 0.0667. The monoisotopic (exact) mass is 469 g/mol. The molecule has 3 rings (SSSR count). The summed E-state index contributed by atoms with van der Waals surface area (Å²) in [4.78, 5) is 28.4. The Morgan fingerprint density at radius 1 is 1.09 bits per heavy atom. The van der Waals surface area contributed by atoms with Gasteiger partial charge in [-0.25, -0.2) is 0 Å². The number of anilines is 1. The summed E-state index contributed by atoms with van der Waals surface area (Å²) in [5.41, 5.74) is -1.16. The maximum atomic E-state index is 13.1. The van der Waals surface area contributed by atoms with Crippen LogP contribution in [0.2, 0.25) is 5.02 Å². The van der Waals surface area contributed by atoms with E-state index < -0.39 is 23.8 Å². The van der Waals surface area contributed by atoms with Gasteiger partial charge in [-0.1, -0.05) is 29.8 Å². The number of nitrogens with one attached hydrogen (secondary N) is 1. The number of carbonyl (C=O) groups is 2. The first-order valence-corrected chi connectivity index (χ1v) is 10.4. The summed E-state index contributed by atoms with van der Waals surface area (Å²) < 4.78 is 44.9. The lowest BCUT2D eigenvalue weighted by atomic mass is 10.1. The van der Waals surface area contributed by atoms with Gasteiger partial charge in [0.25, 0.3) is 5.91 Å². The third-order valence-electron chi connectivity index (χ3n) is 5.01. The molecule has 2 aromatic carbocycles.